The van der Waals surface area contributed by atoms with E-state index in [0.29, 0.717) is 24.8 Å². The molecule has 3 N–H and O–H groups in total. The highest BCUT2D eigenvalue weighted by Gasteiger charge is 2.33. The molecule has 2 atom stereocenters. The van der Waals surface area contributed by atoms with Crippen LogP contribution < -0.4 is 10.9 Å². The first-order chi connectivity index (χ1) is 11.6. The van der Waals surface area contributed by atoms with E-state index in [2.05, 4.69) is 15.5 Å². The van der Waals surface area contributed by atoms with E-state index in [1.165, 1.54) is 0 Å². The van der Waals surface area contributed by atoms with Crippen LogP contribution in [0.4, 0.5) is 0 Å². The lowest BCUT2D eigenvalue weighted by atomic mass is 10.0. The van der Waals surface area contributed by atoms with Gasteiger partial charge in [0.2, 0.25) is 0 Å². The Kier molecular flexibility index (Phi) is 4.49. The first-order valence-corrected chi connectivity index (χ1v) is 8.23. The van der Waals surface area contributed by atoms with Crippen LogP contribution in [0.25, 0.3) is 0 Å². The van der Waals surface area contributed by atoms with Crippen molar-refractivity contribution >= 4 is 5.91 Å². The van der Waals surface area contributed by atoms with Gasteiger partial charge >= 0.3 is 0 Å². The normalized spacial score (nSPS) is 19.1. The lowest BCUT2D eigenvalue weighted by molar-refractivity contribution is 0.0855. The number of hydrogen-bond donors (Lipinski definition) is 3. The lowest BCUT2D eigenvalue weighted by Crippen LogP contribution is -2.38. The Hall–Kier alpha value is -2.47. The summed E-state index contributed by atoms with van der Waals surface area (Å²) in [5.74, 6) is -0.467. The van der Waals surface area contributed by atoms with Crippen LogP contribution in [-0.4, -0.2) is 27.3 Å². The molecule has 1 aliphatic rings. The number of H-pyrrole nitrogens is 1. The van der Waals surface area contributed by atoms with Crippen molar-refractivity contribution in [3.8, 4) is 0 Å². The molecule has 0 radical (unpaired) electrons. The van der Waals surface area contributed by atoms with Gasteiger partial charge < -0.3 is 10.4 Å². The van der Waals surface area contributed by atoms with Gasteiger partial charge in [-0.25, -0.2) is 5.10 Å². The van der Waals surface area contributed by atoms with Crippen LogP contribution in [0.15, 0.2) is 29.1 Å². The molecular formula is C18H21N3O3. The van der Waals surface area contributed by atoms with Crippen LogP contribution in [-0.2, 0) is 19.3 Å². The number of aliphatic hydroxyl groups is 1. The predicted octanol–water partition coefficient (Wildman–Crippen LogP) is 1.28. The van der Waals surface area contributed by atoms with E-state index in [9.17, 15) is 14.7 Å². The third kappa shape index (κ3) is 2.73. The van der Waals surface area contributed by atoms with Gasteiger partial charge in [0, 0.05) is 6.42 Å². The topological polar surface area (TPSA) is 95.1 Å². The molecule has 0 saturated carbocycles. The standard InChI is InChI=1S/C18H21N3O3/c1-3-11-13(4-2)20-21-18(24)15(11)17(23)19-16-12-8-6-5-7-10(12)9-14(16)22/h5-8,14,16,22H,3-4,9H2,1-2H3,(H,19,23)(H,21,24). The summed E-state index contributed by atoms with van der Waals surface area (Å²) in [7, 11) is 0. The number of benzene rings is 1. The molecule has 126 valence electrons. The highest BCUT2D eigenvalue weighted by atomic mass is 16.3. The molecule has 0 aliphatic heterocycles. The van der Waals surface area contributed by atoms with Gasteiger partial charge in [0.05, 0.1) is 17.8 Å². The van der Waals surface area contributed by atoms with Crippen molar-refractivity contribution in [2.45, 2.75) is 45.3 Å². The fourth-order valence-electron chi connectivity index (χ4n) is 3.40. The number of aromatic amines is 1. The number of rotatable bonds is 4. The Bertz CT molecular complexity index is 828. The van der Waals surface area contributed by atoms with E-state index in [1.54, 1.807) is 0 Å². The molecule has 1 amide bonds. The number of aromatic nitrogens is 2. The Morgan fingerprint density at radius 2 is 2.08 bits per heavy atom. The van der Waals surface area contributed by atoms with Crippen molar-refractivity contribution in [1.29, 1.82) is 0 Å². The summed E-state index contributed by atoms with van der Waals surface area (Å²) in [5, 5.41) is 19.5. The molecule has 0 fully saturated rings. The Balaban J connectivity index is 1.96. The van der Waals surface area contributed by atoms with E-state index in [0.717, 1.165) is 16.8 Å². The Morgan fingerprint density at radius 3 is 2.79 bits per heavy atom. The Labute approximate surface area is 139 Å². The highest BCUT2D eigenvalue weighted by Crippen LogP contribution is 2.31. The average molecular weight is 327 g/mol. The SMILES string of the molecule is CCc1n[nH]c(=O)c(C(=O)NC2c3ccccc3CC2O)c1CC. The summed E-state index contributed by atoms with van der Waals surface area (Å²) in [4.78, 5) is 24.9. The van der Waals surface area contributed by atoms with Crippen molar-refractivity contribution in [3.63, 3.8) is 0 Å². The molecule has 0 bridgehead atoms. The van der Waals surface area contributed by atoms with E-state index in [-0.39, 0.29) is 5.56 Å². The third-order valence-corrected chi connectivity index (χ3v) is 4.58. The second-order valence-corrected chi connectivity index (χ2v) is 5.98. The molecule has 0 spiro atoms. The molecule has 1 heterocycles. The predicted molar refractivity (Wildman–Crippen MR) is 90.0 cm³/mol. The number of nitrogens with zero attached hydrogens (tertiary/aromatic N) is 1. The summed E-state index contributed by atoms with van der Waals surface area (Å²) in [5.41, 5.74) is 2.90. The molecule has 2 aromatic rings. The van der Waals surface area contributed by atoms with Crippen molar-refractivity contribution in [3.05, 3.63) is 62.6 Å². The summed E-state index contributed by atoms with van der Waals surface area (Å²) < 4.78 is 0. The summed E-state index contributed by atoms with van der Waals surface area (Å²) in [6.45, 7) is 3.82. The zero-order valence-corrected chi connectivity index (χ0v) is 13.8. The molecule has 6 heteroatoms. The van der Waals surface area contributed by atoms with Crippen molar-refractivity contribution in [1.82, 2.24) is 15.5 Å². The zero-order chi connectivity index (χ0) is 17.3. The van der Waals surface area contributed by atoms with Crippen LogP contribution >= 0.6 is 0 Å². The van der Waals surface area contributed by atoms with Crippen molar-refractivity contribution < 1.29 is 9.90 Å². The minimum Gasteiger partial charge on any atom is -0.390 e. The largest absolute Gasteiger partial charge is 0.390 e. The first-order valence-electron chi connectivity index (χ1n) is 8.23. The molecule has 6 nitrogen and oxygen atoms in total. The van der Waals surface area contributed by atoms with Gasteiger partial charge in [-0.05, 0) is 29.5 Å². The molecular weight excluding hydrogens is 306 g/mol. The maximum atomic E-state index is 12.8. The van der Waals surface area contributed by atoms with Gasteiger partial charge in [-0.3, -0.25) is 9.59 Å². The van der Waals surface area contributed by atoms with Gasteiger partial charge in [0.15, 0.2) is 0 Å². The first kappa shape index (κ1) is 16.4. The summed E-state index contributed by atoms with van der Waals surface area (Å²) in [6.07, 6.45) is 0.985. The lowest BCUT2D eigenvalue weighted by Gasteiger charge is -2.19. The van der Waals surface area contributed by atoms with E-state index in [4.69, 9.17) is 0 Å². The smallest absolute Gasteiger partial charge is 0.277 e. The zero-order valence-electron chi connectivity index (χ0n) is 13.8. The van der Waals surface area contributed by atoms with Crippen molar-refractivity contribution in [2.75, 3.05) is 0 Å². The summed E-state index contributed by atoms with van der Waals surface area (Å²) in [6, 6.07) is 7.12. The monoisotopic (exact) mass is 327 g/mol. The van der Waals surface area contributed by atoms with Crippen molar-refractivity contribution in [2.24, 2.45) is 0 Å². The minimum absolute atomic E-state index is 0.0981. The third-order valence-electron chi connectivity index (χ3n) is 4.58. The van der Waals surface area contributed by atoms with Gasteiger partial charge in [-0.2, -0.15) is 5.10 Å². The molecule has 1 aromatic carbocycles. The van der Waals surface area contributed by atoms with E-state index >= 15 is 0 Å². The number of aryl methyl sites for hydroxylation is 1. The molecule has 24 heavy (non-hydrogen) atoms. The number of fused-ring (bicyclic) bond motifs is 1. The summed E-state index contributed by atoms with van der Waals surface area (Å²) >= 11 is 0. The maximum Gasteiger partial charge on any atom is 0.277 e. The second kappa shape index (κ2) is 6.57. The van der Waals surface area contributed by atoms with E-state index in [1.807, 2.05) is 38.1 Å². The van der Waals surface area contributed by atoms with Crippen LogP contribution in [0.2, 0.25) is 0 Å². The van der Waals surface area contributed by atoms with Crippen LogP contribution in [0, 0.1) is 0 Å². The van der Waals surface area contributed by atoms with Gasteiger partial charge in [0.25, 0.3) is 11.5 Å². The number of amides is 1. The van der Waals surface area contributed by atoms with Crippen LogP contribution in [0.3, 0.4) is 0 Å². The molecule has 1 aromatic heterocycles. The Morgan fingerprint density at radius 1 is 1.33 bits per heavy atom. The molecule has 0 saturated heterocycles. The fourth-order valence-corrected chi connectivity index (χ4v) is 3.40. The quantitative estimate of drug-likeness (QED) is 0.788. The highest BCUT2D eigenvalue weighted by molar-refractivity contribution is 5.95. The molecule has 2 unspecified atom stereocenters. The van der Waals surface area contributed by atoms with Gasteiger partial charge in [-0.1, -0.05) is 38.1 Å². The van der Waals surface area contributed by atoms with Crippen LogP contribution in [0.1, 0.15) is 52.6 Å². The second-order valence-electron chi connectivity index (χ2n) is 5.98. The fraction of sp³-hybridized carbons (Fsp3) is 0.389. The number of carbonyl (C=O) groups is 1. The van der Waals surface area contributed by atoms with E-state index < -0.39 is 23.6 Å². The average Bonchev–Trinajstić information content (AvgIpc) is 2.90. The molecule has 3 rings (SSSR count). The number of carbonyl (C=O) groups excluding carboxylic acids is 1. The number of aliphatic hydroxyl groups excluding tert-OH is 1. The van der Waals surface area contributed by atoms with Gasteiger partial charge in [0.1, 0.15) is 5.56 Å². The molecule has 1 aliphatic carbocycles. The minimum atomic E-state index is -0.692. The van der Waals surface area contributed by atoms with Gasteiger partial charge in [-0.15, -0.1) is 0 Å². The van der Waals surface area contributed by atoms with Crippen LogP contribution in [0.5, 0.6) is 0 Å². The maximum absolute atomic E-state index is 12.8. The number of nitrogens with one attached hydrogen (secondary N) is 2. The number of hydrogen-bond acceptors (Lipinski definition) is 4.